The van der Waals surface area contributed by atoms with Gasteiger partial charge in [-0.15, -0.1) is 0 Å². The molecule has 0 aliphatic heterocycles. The maximum Gasteiger partial charge on any atom is 4.00 e. The van der Waals surface area contributed by atoms with E-state index in [1.54, 1.807) is 0 Å². The van der Waals surface area contributed by atoms with Gasteiger partial charge in [-0.25, -0.2) is 0 Å². The Balaban J connectivity index is -0.00000000533. The van der Waals surface area contributed by atoms with Crippen molar-refractivity contribution >= 4 is 21.7 Å². The third-order valence-electron chi connectivity index (χ3n) is 0.604. The van der Waals surface area contributed by atoms with Crippen molar-refractivity contribution in [2.45, 2.75) is 24.3 Å². The SMILES string of the molecule is CCC[CH2][Mg+].[Cl-].[Cl-].[Cl-].[Cl-].[Cl-].[Zr+4]. The molecule has 0 fully saturated rings. The van der Waals surface area contributed by atoms with Gasteiger partial charge in [0.2, 0.25) is 0 Å². The Morgan fingerprint density at radius 3 is 1.18 bits per heavy atom. The van der Waals surface area contributed by atoms with Crippen molar-refractivity contribution in [2.75, 3.05) is 0 Å². The van der Waals surface area contributed by atoms with Crippen molar-refractivity contribution in [2.24, 2.45) is 0 Å². The molecule has 0 N–H and O–H groups in total. The molecule has 0 spiro atoms. The van der Waals surface area contributed by atoms with E-state index < -0.39 is 0 Å². The largest absolute Gasteiger partial charge is 4.00 e. The van der Waals surface area contributed by atoms with Crippen LogP contribution in [0.1, 0.15) is 19.8 Å². The summed E-state index contributed by atoms with van der Waals surface area (Å²) in [4.78, 5) is 0. The van der Waals surface area contributed by atoms with Gasteiger partial charge in [0, 0.05) is 0 Å². The predicted octanol–water partition coefficient (Wildman–Crippen LogP) is -13.6. The Hall–Kier alpha value is 3.10. The molecule has 66 valence electrons. The van der Waals surface area contributed by atoms with Gasteiger partial charge in [0.25, 0.3) is 0 Å². The van der Waals surface area contributed by atoms with Crippen molar-refractivity contribution in [1.29, 1.82) is 0 Å². The van der Waals surface area contributed by atoms with Gasteiger partial charge in [-0.1, -0.05) is 0 Å². The van der Waals surface area contributed by atoms with Crippen molar-refractivity contribution in [3.63, 3.8) is 0 Å². The number of unbranched alkanes of at least 4 members (excludes halogenated alkanes) is 1. The Morgan fingerprint density at radius 1 is 0.909 bits per heavy atom. The van der Waals surface area contributed by atoms with Crippen molar-refractivity contribution in [1.82, 2.24) is 0 Å². The molecule has 0 aromatic rings. The molecule has 0 aromatic carbocycles. The van der Waals surface area contributed by atoms with Crippen molar-refractivity contribution in [3.8, 4) is 0 Å². The van der Waals surface area contributed by atoms with E-state index in [1.807, 2.05) is 21.7 Å². The summed E-state index contributed by atoms with van der Waals surface area (Å²) < 4.78 is 1.37. The second kappa shape index (κ2) is 51.5. The summed E-state index contributed by atoms with van der Waals surface area (Å²) >= 11 is 2.05. The van der Waals surface area contributed by atoms with Crippen LogP contribution >= 0.6 is 0 Å². The molecule has 0 radical (unpaired) electrons. The molecule has 0 bridgehead atoms. The number of hydrogen-bond acceptors (Lipinski definition) is 0. The molecule has 0 aromatic heterocycles. The monoisotopic (exact) mass is 346 g/mol. The van der Waals surface area contributed by atoms with Gasteiger partial charge in [0.1, 0.15) is 0 Å². The first-order valence-corrected chi connectivity index (χ1v) is 3.21. The average molecular weight is 350 g/mol. The minimum Gasteiger partial charge on any atom is -1.00 e. The third kappa shape index (κ3) is 62.1. The Kier molecular flexibility index (Phi) is 225. The maximum atomic E-state index is 2.22. The molecule has 0 rings (SSSR count). The van der Waals surface area contributed by atoms with E-state index >= 15 is 0 Å². The van der Waals surface area contributed by atoms with Gasteiger partial charge < -0.3 is 62.0 Å². The smallest absolute Gasteiger partial charge is 1.00 e. The predicted molar refractivity (Wildman–Crippen MR) is 25.5 cm³/mol. The Morgan fingerprint density at radius 2 is 1.18 bits per heavy atom. The maximum absolute atomic E-state index is 2.22. The third-order valence-corrected chi connectivity index (χ3v) is 1.10. The van der Waals surface area contributed by atoms with Gasteiger partial charge in [-0.3, -0.25) is 0 Å². The van der Waals surface area contributed by atoms with Crippen LogP contribution in [0.4, 0.5) is 0 Å². The normalized spacial score (nSPS) is 3.91. The topological polar surface area (TPSA) is 0 Å². The number of hydrogen-bond donors (Lipinski definition) is 0. The molecule has 0 heterocycles. The van der Waals surface area contributed by atoms with Crippen LogP contribution < -0.4 is 62.0 Å². The summed E-state index contributed by atoms with van der Waals surface area (Å²) in [6.45, 7) is 2.22. The molecular weight excluding hydrogens is 341 g/mol. The molecule has 0 saturated heterocycles. The molecule has 0 unspecified atom stereocenters. The van der Waals surface area contributed by atoms with Gasteiger partial charge in [0.05, 0.1) is 0 Å². The van der Waals surface area contributed by atoms with Crippen LogP contribution in [-0.2, 0) is 26.2 Å². The summed E-state index contributed by atoms with van der Waals surface area (Å²) in [5, 5.41) is 0. The molecule has 0 aliphatic carbocycles. The van der Waals surface area contributed by atoms with E-state index in [9.17, 15) is 0 Å². The van der Waals surface area contributed by atoms with E-state index in [1.165, 1.54) is 17.4 Å². The molecule has 11 heavy (non-hydrogen) atoms. The van der Waals surface area contributed by atoms with E-state index in [0.717, 1.165) is 0 Å². The first-order chi connectivity index (χ1) is 2.41. The van der Waals surface area contributed by atoms with Crippen LogP contribution in [-0.4, -0.2) is 21.7 Å². The van der Waals surface area contributed by atoms with Gasteiger partial charge in [-0.2, -0.15) is 0 Å². The number of halogens is 5. The molecule has 0 atom stereocenters. The first-order valence-electron chi connectivity index (χ1n) is 2.21. The van der Waals surface area contributed by atoms with Crippen LogP contribution in [0.2, 0.25) is 4.55 Å². The van der Waals surface area contributed by atoms with Gasteiger partial charge in [-0.05, 0) is 0 Å². The summed E-state index contributed by atoms with van der Waals surface area (Å²) in [5.74, 6) is 0. The molecule has 0 aliphatic rings. The summed E-state index contributed by atoms with van der Waals surface area (Å²) in [7, 11) is 0. The minimum absolute atomic E-state index is 0. The number of rotatable bonds is 2. The summed E-state index contributed by atoms with van der Waals surface area (Å²) in [6, 6.07) is 0. The summed E-state index contributed by atoms with van der Waals surface area (Å²) in [5.41, 5.74) is 0. The molecular formula is C4H9Cl5MgZr. The van der Waals surface area contributed by atoms with Crippen LogP contribution in [0.5, 0.6) is 0 Å². The zero-order valence-electron chi connectivity index (χ0n) is 6.22. The fraction of sp³-hybridized carbons (Fsp3) is 1.00. The van der Waals surface area contributed by atoms with Crippen LogP contribution in [0.25, 0.3) is 0 Å². The summed E-state index contributed by atoms with van der Waals surface area (Å²) in [6.07, 6.45) is 2.75. The quantitative estimate of drug-likeness (QED) is 0.434. The van der Waals surface area contributed by atoms with Crippen molar-refractivity contribution < 1.29 is 88.2 Å². The average Bonchev–Trinajstić information content (AvgIpc) is 1.41. The van der Waals surface area contributed by atoms with E-state index in [-0.39, 0.29) is 88.2 Å². The van der Waals surface area contributed by atoms with Crippen LogP contribution in [0.15, 0.2) is 0 Å². The Labute approximate surface area is 132 Å². The van der Waals surface area contributed by atoms with Gasteiger partial charge >= 0.3 is 72.2 Å². The van der Waals surface area contributed by atoms with Crippen molar-refractivity contribution in [3.05, 3.63) is 0 Å². The standard InChI is InChI=1S/C4H9.5ClH.Mg.Zr/c1-3-4-2;;;;;;;/h1,3-4H2,2H3;5*1H;;/q;;;;;;+1;+4/p-5. The Bertz CT molecular complexity index is 26.0. The van der Waals surface area contributed by atoms with Crippen LogP contribution in [0.3, 0.4) is 0 Å². The van der Waals surface area contributed by atoms with E-state index in [0.29, 0.717) is 0 Å². The fourth-order valence-electron chi connectivity index (χ4n) is 0.250. The second-order valence-corrected chi connectivity index (χ2v) is 1.91. The van der Waals surface area contributed by atoms with Crippen LogP contribution in [0, 0.1) is 0 Å². The molecule has 7 heteroatoms. The molecule has 0 nitrogen and oxygen atoms in total. The molecule has 0 saturated carbocycles. The van der Waals surface area contributed by atoms with E-state index in [4.69, 9.17) is 0 Å². The minimum atomic E-state index is 0. The molecule has 0 amide bonds. The van der Waals surface area contributed by atoms with Gasteiger partial charge in [0.15, 0.2) is 0 Å². The zero-order chi connectivity index (χ0) is 4.12. The second-order valence-electron chi connectivity index (χ2n) is 1.21. The van der Waals surface area contributed by atoms with E-state index in [2.05, 4.69) is 6.92 Å². The fourth-order valence-corrected chi connectivity index (χ4v) is 0.750. The first kappa shape index (κ1) is 48.0. The zero-order valence-corrected chi connectivity index (χ0v) is 13.9.